The van der Waals surface area contributed by atoms with Crippen LogP contribution < -0.4 is 15.5 Å². The molecule has 0 atom stereocenters. The summed E-state index contributed by atoms with van der Waals surface area (Å²) in [4.78, 5) is 16.4. The van der Waals surface area contributed by atoms with E-state index < -0.39 is 0 Å². The van der Waals surface area contributed by atoms with Crippen LogP contribution in [0.3, 0.4) is 0 Å². The zero-order valence-electron chi connectivity index (χ0n) is 18.5. The number of hydrogen-bond donors (Lipinski definition) is 2. The summed E-state index contributed by atoms with van der Waals surface area (Å²) < 4.78 is 5.54. The summed E-state index contributed by atoms with van der Waals surface area (Å²) in [5, 5.41) is 8.18. The van der Waals surface area contributed by atoms with Gasteiger partial charge in [-0.3, -0.25) is 4.79 Å². The molecule has 2 fully saturated rings. The average Bonchev–Trinajstić information content (AvgIpc) is 3.12. The zero-order valence-corrected chi connectivity index (χ0v) is 19.3. The Morgan fingerprint density at radius 3 is 2.37 bits per heavy atom. The van der Waals surface area contributed by atoms with Gasteiger partial charge in [-0.05, 0) is 52.2 Å². The summed E-state index contributed by atoms with van der Waals surface area (Å²) in [6.07, 6.45) is 1.85. The molecule has 1 aromatic heterocycles. The lowest BCUT2D eigenvalue weighted by atomic mass is 9.79. The predicted octanol–water partition coefficient (Wildman–Crippen LogP) is 4.29. The second-order valence-corrected chi connectivity index (χ2v) is 10.8. The molecule has 0 saturated carbocycles. The number of piperidine rings is 1. The van der Waals surface area contributed by atoms with E-state index in [1.165, 1.54) is 5.00 Å². The maximum atomic E-state index is 13.3. The van der Waals surface area contributed by atoms with Crippen molar-refractivity contribution in [2.45, 2.75) is 57.7 Å². The topological polar surface area (TPSA) is 53.6 Å². The summed E-state index contributed by atoms with van der Waals surface area (Å²) in [5.74, 6) is 0.0372. The number of ether oxygens (including phenoxy) is 1. The lowest BCUT2D eigenvalue weighted by molar-refractivity contribution is 0.0877. The molecule has 2 aromatic rings. The fraction of sp³-hybridized carbons (Fsp3) is 0.542. The molecule has 5 nitrogen and oxygen atoms in total. The molecule has 4 rings (SSSR count). The number of carbonyl (C=O) groups is 1. The third-order valence-electron chi connectivity index (χ3n) is 5.84. The smallest absolute Gasteiger partial charge is 0.261 e. The van der Waals surface area contributed by atoms with Gasteiger partial charge in [0.15, 0.2) is 0 Å². The van der Waals surface area contributed by atoms with Gasteiger partial charge < -0.3 is 20.3 Å². The minimum atomic E-state index is 0.00328. The fourth-order valence-electron chi connectivity index (χ4n) is 5.00. The number of benzene rings is 1. The minimum Gasteiger partial charge on any atom is -0.378 e. The Labute approximate surface area is 183 Å². The lowest BCUT2D eigenvalue weighted by Crippen LogP contribution is -2.62. The highest BCUT2D eigenvalue weighted by atomic mass is 32.1. The van der Waals surface area contributed by atoms with E-state index in [0.717, 1.165) is 55.1 Å². The van der Waals surface area contributed by atoms with Gasteiger partial charge in [0.05, 0.1) is 23.1 Å². The summed E-state index contributed by atoms with van der Waals surface area (Å²) in [6, 6.07) is 12.6. The van der Waals surface area contributed by atoms with Gasteiger partial charge in [-0.25, -0.2) is 0 Å². The molecule has 0 aliphatic carbocycles. The fourth-order valence-corrected chi connectivity index (χ4v) is 6.14. The van der Waals surface area contributed by atoms with E-state index in [9.17, 15) is 4.79 Å². The number of carbonyl (C=O) groups excluding carboxylic acids is 1. The molecule has 30 heavy (non-hydrogen) atoms. The van der Waals surface area contributed by atoms with E-state index in [2.05, 4.69) is 73.6 Å². The van der Waals surface area contributed by atoms with E-state index in [1.54, 1.807) is 11.3 Å². The van der Waals surface area contributed by atoms with Gasteiger partial charge in [-0.1, -0.05) is 30.3 Å². The van der Waals surface area contributed by atoms with Crippen LogP contribution in [0, 0.1) is 0 Å². The molecule has 3 heterocycles. The zero-order chi connectivity index (χ0) is 21.4. The highest BCUT2D eigenvalue weighted by Crippen LogP contribution is 2.39. The van der Waals surface area contributed by atoms with Crippen molar-refractivity contribution in [3.8, 4) is 11.1 Å². The first-order valence-corrected chi connectivity index (χ1v) is 11.7. The normalized spacial score (nSPS) is 21.4. The van der Waals surface area contributed by atoms with Crippen molar-refractivity contribution in [3.05, 3.63) is 41.3 Å². The summed E-state index contributed by atoms with van der Waals surface area (Å²) in [7, 11) is 0. The van der Waals surface area contributed by atoms with Crippen molar-refractivity contribution in [2.75, 3.05) is 31.2 Å². The van der Waals surface area contributed by atoms with Crippen LogP contribution in [-0.2, 0) is 4.74 Å². The third kappa shape index (κ3) is 4.88. The van der Waals surface area contributed by atoms with Gasteiger partial charge in [0.25, 0.3) is 5.91 Å². The molecule has 2 aliphatic heterocycles. The Bertz CT molecular complexity index is 869. The maximum absolute atomic E-state index is 13.3. The minimum absolute atomic E-state index is 0.00328. The molecule has 162 valence electrons. The molecule has 0 bridgehead atoms. The first kappa shape index (κ1) is 21.3. The molecule has 2 N–H and O–H groups in total. The van der Waals surface area contributed by atoms with Gasteiger partial charge in [-0.15, -0.1) is 11.3 Å². The Kier molecular flexibility index (Phi) is 5.93. The third-order valence-corrected chi connectivity index (χ3v) is 7.04. The van der Waals surface area contributed by atoms with E-state index in [1.807, 2.05) is 6.07 Å². The van der Waals surface area contributed by atoms with Crippen LogP contribution in [0.25, 0.3) is 11.1 Å². The van der Waals surface area contributed by atoms with Crippen molar-refractivity contribution >= 4 is 22.2 Å². The maximum Gasteiger partial charge on any atom is 0.261 e. The summed E-state index contributed by atoms with van der Waals surface area (Å²) in [6.45, 7) is 12.0. The average molecular weight is 428 g/mol. The van der Waals surface area contributed by atoms with Crippen LogP contribution in [0.2, 0.25) is 0 Å². The molecule has 1 aromatic carbocycles. The quantitative estimate of drug-likeness (QED) is 0.764. The number of anilines is 1. The van der Waals surface area contributed by atoms with Crippen LogP contribution in [0.4, 0.5) is 5.00 Å². The van der Waals surface area contributed by atoms with Gasteiger partial charge in [0, 0.05) is 35.8 Å². The van der Waals surface area contributed by atoms with Crippen molar-refractivity contribution < 1.29 is 9.53 Å². The van der Waals surface area contributed by atoms with Crippen LogP contribution in [0.1, 0.15) is 50.2 Å². The van der Waals surface area contributed by atoms with Gasteiger partial charge >= 0.3 is 0 Å². The highest BCUT2D eigenvalue weighted by molar-refractivity contribution is 7.18. The number of hydrogen-bond acceptors (Lipinski definition) is 5. The van der Waals surface area contributed by atoms with Crippen LogP contribution in [0.5, 0.6) is 0 Å². The van der Waals surface area contributed by atoms with Gasteiger partial charge in [0.2, 0.25) is 0 Å². The molecular formula is C24H33N3O2S. The Morgan fingerprint density at radius 2 is 1.73 bits per heavy atom. The largest absolute Gasteiger partial charge is 0.378 e. The Hall–Kier alpha value is -1.89. The lowest BCUT2D eigenvalue weighted by Gasteiger charge is -2.46. The van der Waals surface area contributed by atoms with Crippen LogP contribution >= 0.6 is 11.3 Å². The number of nitrogens with one attached hydrogen (secondary N) is 2. The van der Waals surface area contributed by atoms with E-state index in [-0.39, 0.29) is 23.0 Å². The molecule has 0 spiro atoms. The van der Waals surface area contributed by atoms with Gasteiger partial charge in [0.1, 0.15) is 0 Å². The van der Waals surface area contributed by atoms with Gasteiger partial charge in [-0.2, -0.15) is 0 Å². The van der Waals surface area contributed by atoms with Crippen molar-refractivity contribution in [3.63, 3.8) is 0 Å². The molecule has 0 unspecified atom stereocenters. The van der Waals surface area contributed by atoms with Crippen LogP contribution in [-0.4, -0.2) is 49.3 Å². The van der Waals surface area contributed by atoms with E-state index in [4.69, 9.17) is 4.74 Å². The number of rotatable bonds is 4. The first-order valence-electron chi connectivity index (χ1n) is 10.8. The Morgan fingerprint density at radius 1 is 1.10 bits per heavy atom. The summed E-state index contributed by atoms with van der Waals surface area (Å²) in [5.41, 5.74) is 2.30. The monoisotopic (exact) mass is 427 g/mol. The standard InChI is InChI=1S/C24H33N3O2S/c1-23(2)15-18(16-24(3,4)26-23)25-21(28)20-14-19(17-8-6-5-7-9-17)22(30-20)27-10-12-29-13-11-27/h5-9,14,18,26H,10-13,15-16H2,1-4H3,(H,25,28). The Balaban J connectivity index is 1.59. The van der Waals surface area contributed by atoms with E-state index in [0.29, 0.717) is 0 Å². The second kappa shape index (κ2) is 8.33. The number of amides is 1. The SMILES string of the molecule is CC1(C)CC(NC(=O)c2cc(-c3ccccc3)c(N3CCOCC3)s2)CC(C)(C)N1. The molecule has 6 heteroatoms. The molecule has 0 radical (unpaired) electrons. The number of thiophene rings is 1. The van der Waals surface area contributed by atoms with Crippen molar-refractivity contribution in [1.29, 1.82) is 0 Å². The van der Waals surface area contributed by atoms with Crippen molar-refractivity contribution in [2.24, 2.45) is 0 Å². The van der Waals surface area contributed by atoms with Crippen LogP contribution in [0.15, 0.2) is 36.4 Å². The first-order chi connectivity index (χ1) is 14.2. The highest BCUT2D eigenvalue weighted by Gasteiger charge is 2.38. The number of nitrogens with zero attached hydrogens (tertiary/aromatic N) is 1. The second-order valence-electron chi connectivity index (χ2n) is 9.77. The molecule has 2 saturated heterocycles. The predicted molar refractivity (Wildman–Crippen MR) is 125 cm³/mol. The van der Waals surface area contributed by atoms with Crippen molar-refractivity contribution in [1.82, 2.24) is 10.6 Å². The molecule has 2 aliphatic rings. The van der Waals surface area contributed by atoms with E-state index >= 15 is 0 Å². The summed E-state index contributed by atoms with van der Waals surface area (Å²) >= 11 is 1.60. The molecule has 1 amide bonds. The number of morpholine rings is 1. The molecular weight excluding hydrogens is 394 g/mol.